The van der Waals surface area contributed by atoms with Gasteiger partial charge in [-0.25, -0.2) is 0 Å². The van der Waals surface area contributed by atoms with E-state index in [2.05, 4.69) is 15.2 Å². The Kier molecular flexibility index (Phi) is 4.41. The molecule has 1 aromatic carbocycles. The Bertz CT molecular complexity index is 1370. The highest BCUT2D eigenvalue weighted by Crippen LogP contribution is 2.42. The summed E-state index contributed by atoms with van der Waals surface area (Å²) in [7, 11) is 0. The Morgan fingerprint density at radius 2 is 2.10 bits per heavy atom. The van der Waals surface area contributed by atoms with Gasteiger partial charge in [0.2, 0.25) is 10.9 Å². The van der Waals surface area contributed by atoms with E-state index in [0.29, 0.717) is 33.1 Å². The average molecular weight is 439 g/mol. The van der Waals surface area contributed by atoms with Crippen molar-refractivity contribution in [2.45, 2.75) is 26.3 Å². The number of pyridine rings is 1. The van der Waals surface area contributed by atoms with Gasteiger partial charge in [0.1, 0.15) is 10.6 Å². The summed E-state index contributed by atoms with van der Waals surface area (Å²) in [6, 6.07) is 6.14. The zero-order chi connectivity index (χ0) is 21.0. The number of anilines is 1. The summed E-state index contributed by atoms with van der Waals surface area (Å²) in [5.41, 5.74) is 1.73. The molecule has 0 fully saturated rings. The number of aromatic nitrogens is 3. The zero-order valence-corrected chi connectivity index (χ0v) is 17.6. The number of fused-ring (bicyclic) bond motifs is 2. The highest BCUT2D eigenvalue weighted by molar-refractivity contribution is 7.15. The first-order valence-electron chi connectivity index (χ1n) is 9.32. The van der Waals surface area contributed by atoms with Gasteiger partial charge in [0.05, 0.1) is 17.0 Å². The number of amides is 1. The lowest BCUT2D eigenvalue weighted by Crippen LogP contribution is -2.29. The minimum absolute atomic E-state index is 0.0105. The third-order valence-corrected chi connectivity index (χ3v) is 6.59. The van der Waals surface area contributed by atoms with E-state index in [1.165, 1.54) is 16.2 Å². The molecule has 9 heteroatoms. The van der Waals surface area contributed by atoms with Gasteiger partial charge >= 0.3 is 0 Å². The fourth-order valence-electron chi connectivity index (χ4n) is 3.63. The van der Waals surface area contributed by atoms with Crippen LogP contribution in [0.4, 0.5) is 5.13 Å². The van der Waals surface area contributed by atoms with Crippen molar-refractivity contribution in [3.8, 4) is 0 Å². The molecule has 0 spiro atoms. The second-order valence-corrected chi connectivity index (χ2v) is 8.42. The lowest BCUT2D eigenvalue weighted by molar-refractivity contribution is 0.0970. The van der Waals surface area contributed by atoms with Crippen LogP contribution in [0.25, 0.3) is 11.0 Å². The summed E-state index contributed by atoms with van der Waals surface area (Å²) in [6.45, 7) is 3.78. The lowest BCUT2D eigenvalue weighted by atomic mass is 10.00. The fourth-order valence-corrected chi connectivity index (χ4v) is 4.60. The van der Waals surface area contributed by atoms with Crippen molar-refractivity contribution in [1.29, 1.82) is 0 Å². The Hall–Kier alpha value is -3.10. The van der Waals surface area contributed by atoms with Crippen LogP contribution in [-0.4, -0.2) is 21.1 Å². The summed E-state index contributed by atoms with van der Waals surface area (Å²) < 4.78 is 5.96. The second-order valence-electron chi connectivity index (χ2n) is 6.97. The van der Waals surface area contributed by atoms with E-state index in [9.17, 15) is 9.59 Å². The van der Waals surface area contributed by atoms with Gasteiger partial charge in [-0.15, -0.1) is 10.2 Å². The standard InChI is InChI=1S/C21H15ClN4O3S/c1-3-15-24-25-21(30-15)26-17(11-5-4-6-23-9-11)16-18(27)12-8-13(22)10(2)7-14(12)29-19(16)20(26)28/h4-9,17H,3H2,1-2H3. The first-order chi connectivity index (χ1) is 14.5. The molecule has 7 nitrogen and oxygen atoms in total. The Labute approximate surface area is 180 Å². The smallest absolute Gasteiger partial charge is 0.297 e. The molecule has 0 saturated heterocycles. The molecule has 150 valence electrons. The fraction of sp³-hybridized carbons (Fsp3) is 0.190. The number of hydrogen-bond donors (Lipinski definition) is 0. The second kappa shape index (κ2) is 7.00. The maximum absolute atomic E-state index is 13.5. The van der Waals surface area contributed by atoms with Gasteiger partial charge < -0.3 is 4.42 Å². The quantitative estimate of drug-likeness (QED) is 0.473. The van der Waals surface area contributed by atoms with Gasteiger partial charge in [-0.2, -0.15) is 0 Å². The van der Waals surface area contributed by atoms with Crippen LogP contribution in [0.15, 0.2) is 45.9 Å². The average Bonchev–Trinajstić information content (AvgIpc) is 3.33. The summed E-state index contributed by atoms with van der Waals surface area (Å²) in [5, 5.41) is 10.3. The molecule has 0 bridgehead atoms. The van der Waals surface area contributed by atoms with E-state index in [1.54, 1.807) is 30.6 Å². The molecule has 1 aliphatic rings. The van der Waals surface area contributed by atoms with E-state index in [0.717, 1.165) is 10.6 Å². The number of aryl methyl sites for hydroxylation is 2. The van der Waals surface area contributed by atoms with Crippen LogP contribution < -0.4 is 10.3 Å². The van der Waals surface area contributed by atoms with Gasteiger partial charge in [-0.05, 0) is 42.7 Å². The first-order valence-corrected chi connectivity index (χ1v) is 10.5. The van der Waals surface area contributed by atoms with Crippen LogP contribution in [0.2, 0.25) is 5.02 Å². The third kappa shape index (κ3) is 2.75. The number of carbonyl (C=O) groups excluding carboxylic acids is 1. The molecular formula is C21H15ClN4O3S. The van der Waals surface area contributed by atoms with Crippen molar-refractivity contribution in [3.63, 3.8) is 0 Å². The van der Waals surface area contributed by atoms with Crippen molar-refractivity contribution >= 4 is 44.9 Å². The summed E-state index contributed by atoms with van der Waals surface area (Å²) >= 11 is 7.57. The molecular weight excluding hydrogens is 424 g/mol. The molecule has 30 heavy (non-hydrogen) atoms. The lowest BCUT2D eigenvalue weighted by Gasteiger charge is -2.21. The number of hydrogen-bond acceptors (Lipinski definition) is 7. The molecule has 0 N–H and O–H groups in total. The number of carbonyl (C=O) groups is 1. The molecule has 5 rings (SSSR count). The molecule has 4 heterocycles. The molecule has 0 saturated carbocycles. The highest BCUT2D eigenvalue weighted by Gasteiger charge is 2.45. The van der Waals surface area contributed by atoms with E-state index >= 15 is 0 Å². The molecule has 1 aliphatic heterocycles. The molecule has 0 radical (unpaired) electrons. The van der Waals surface area contributed by atoms with E-state index < -0.39 is 11.9 Å². The van der Waals surface area contributed by atoms with Crippen molar-refractivity contribution < 1.29 is 9.21 Å². The minimum atomic E-state index is -0.709. The molecule has 0 aliphatic carbocycles. The summed E-state index contributed by atoms with van der Waals surface area (Å²) in [4.78, 5) is 32.6. The van der Waals surface area contributed by atoms with Crippen LogP contribution in [0.1, 0.15) is 45.2 Å². The maximum Gasteiger partial charge on any atom is 0.297 e. The first kappa shape index (κ1) is 18.9. The highest BCUT2D eigenvalue weighted by atomic mass is 35.5. The molecule has 1 unspecified atom stereocenters. The predicted octanol–water partition coefficient (Wildman–Crippen LogP) is 4.31. The van der Waals surface area contributed by atoms with E-state index in [1.807, 2.05) is 19.9 Å². The number of nitrogens with zero attached hydrogens (tertiary/aromatic N) is 4. The van der Waals surface area contributed by atoms with Gasteiger partial charge in [-0.3, -0.25) is 19.5 Å². The maximum atomic E-state index is 13.5. The number of benzene rings is 1. The molecule has 3 aromatic heterocycles. The summed E-state index contributed by atoms with van der Waals surface area (Å²) in [6.07, 6.45) is 3.97. The van der Waals surface area contributed by atoms with Crippen molar-refractivity contribution in [1.82, 2.24) is 15.2 Å². The Balaban J connectivity index is 1.81. The van der Waals surface area contributed by atoms with Crippen molar-refractivity contribution in [2.24, 2.45) is 0 Å². The minimum Gasteiger partial charge on any atom is -0.450 e. The van der Waals surface area contributed by atoms with Crippen LogP contribution in [0, 0.1) is 6.92 Å². The predicted molar refractivity (Wildman–Crippen MR) is 114 cm³/mol. The zero-order valence-electron chi connectivity index (χ0n) is 16.0. The van der Waals surface area contributed by atoms with Crippen LogP contribution in [0.3, 0.4) is 0 Å². The molecule has 1 amide bonds. The Morgan fingerprint density at radius 3 is 2.80 bits per heavy atom. The van der Waals surface area contributed by atoms with Gasteiger partial charge in [0, 0.05) is 17.4 Å². The Morgan fingerprint density at radius 1 is 1.27 bits per heavy atom. The molecule has 4 aromatic rings. The normalized spacial score (nSPS) is 15.8. The summed E-state index contributed by atoms with van der Waals surface area (Å²) in [5.74, 6) is -0.416. The van der Waals surface area contributed by atoms with Gasteiger partial charge in [0.15, 0.2) is 5.43 Å². The van der Waals surface area contributed by atoms with Crippen LogP contribution >= 0.6 is 22.9 Å². The van der Waals surface area contributed by atoms with Crippen molar-refractivity contribution in [3.05, 3.63) is 79.4 Å². The SMILES string of the molecule is CCc1nnc(N2C(=O)c3oc4cc(C)c(Cl)cc4c(=O)c3C2c2cccnc2)s1. The van der Waals surface area contributed by atoms with Crippen LogP contribution in [-0.2, 0) is 6.42 Å². The van der Waals surface area contributed by atoms with E-state index in [-0.39, 0.29) is 16.8 Å². The third-order valence-electron chi connectivity index (χ3n) is 5.12. The van der Waals surface area contributed by atoms with E-state index in [4.69, 9.17) is 16.0 Å². The monoisotopic (exact) mass is 438 g/mol. The van der Waals surface area contributed by atoms with Crippen LogP contribution in [0.5, 0.6) is 0 Å². The largest absolute Gasteiger partial charge is 0.450 e. The number of halogens is 1. The van der Waals surface area contributed by atoms with Gasteiger partial charge in [0.25, 0.3) is 5.91 Å². The molecule has 1 atom stereocenters. The van der Waals surface area contributed by atoms with Crippen molar-refractivity contribution in [2.75, 3.05) is 4.90 Å². The van der Waals surface area contributed by atoms with Gasteiger partial charge in [-0.1, -0.05) is 35.9 Å². The topological polar surface area (TPSA) is 89.2 Å². The number of rotatable bonds is 3.